The number of hydrogen-bond donors (Lipinski definition) is 0. The fourth-order valence-corrected chi connectivity index (χ4v) is 2.94. The van der Waals surface area contributed by atoms with E-state index >= 15 is 0 Å². The Bertz CT molecular complexity index is 596. The maximum Gasteiger partial charge on any atom is 0.123 e. The minimum absolute atomic E-state index is 0.182. The molecule has 1 saturated heterocycles. The van der Waals surface area contributed by atoms with Crippen LogP contribution in [0.4, 0.5) is 4.39 Å². The number of imidazole rings is 1. The van der Waals surface area contributed by atoms with Gasteiger partial charge in [0.05, 0.1) is 25.2 Å². The molecule has 5 heteroatoms. The highest BCUT2D eigenvalue weighted by atomic mass is 19.1. The molecule has 1 aliphatic heterocycles. The topological polar surface area (TPSA) is 30.3 Å². The Labute approximate surface area is 130 Å². The highest BCUT2D eigenvalue weighted by Gasteiger charge is 2.20. The van der Waals surface area contributed by atoms with Crippen molar-refractivity contribution in [3.05, 3.63) is 53.9 Å². The van der Waals surface area contributed by atoms with E-state index in [4.69, 9.17) is 4.74 Å². The molecule has 0 amide bonds. The molecule has 2 aromatic rings. The van der Waals surface area contributed by atoms with Gasteiger partial charge in [0.15, 0.2) is 0 Å². The van der Waals surface area contributed by atoms with Crippen molar-refractivity contribution >= 4 is 0 Å². The van der Waals surface area contributed by atoms with Crippen LogP contribution in [-0.2, 0) is 24.8 Å². The molecular formula is C17H22FN3O. The van der Waals surface area contributed by atoms with Crippen LogP contribution in [0.15, 0.2) is 36.8 Å². The zero-order chi connectivity index (χ0) is 15.4. The van der Waals surface area contributed by atoms with Gasteiger partial charge in [0, 0.05) is 32.9 Å². The molecule has 0 unspecified atom stereocenters. The SMILES string of the molecule is Cn1cncc1CN1CCOC[C@@H](Cc2ccc(F)cc2)C1. The van der Waals surface area contributed by atoms with Gasteiger partial charge in [-0.15, -0.1) is 0 Å². The van der Waals surface area contributed by atoms with Crippen LogP contribution in [0.5, 0.6) is 0 Å². The highest BCUT2D eigenvalue weighted by Crippen LogP contribution is 2.16. The van der Waals surface area contributed by atoms with Crippen LogP contribution in [0.25, 0.3) is 0 Å². The quantitative estimate of drug-likeness (QED) is 0.868. The molecule has 0 bridgehead atoms. The summed E-state index contributed by atoms with van der Waals surface area (Å²) in [5, 5.41) is 0. The van der Waals surface area contributed by atoms with Gasteiger partial charge in [-0.1, -0.05) is 12.1 Å². The lowest BCUT2D eigenvalue weighted by molar-refractivity contribution is 0.121. The van der Waals surface area contributed by atoms with Gasteiger partial charge in [-0.3, -0.25) is 4.90 Å². The molecule has 1 aromatic carbocycles. The first-order valence-corrected chi connectivity index (χ1v) is 7.70. The van der Waals surface area contributed by atoms with Gasteiger partial charge in [-0.05, 0) is 30.0 Å². The van der Waals surface area contributed by atoms with Crippen LogP contribution >= 0.6 is 0 Å². The number of aromatic nitrogens is 2. The highest BCUT2D eigenvalue weighted by molar-refractivity contribution is 5.16. The van der Waals surface area contributed by atoms with Crippen LogP contribution in [0.2, 0.25) is 0 Å². The van der Waals surface area contributed by atoms with Gasteiger partial charge < -0.3 is 9.30 Å². The Morgan fingerprint density at radius 3 is 2.86 bits per heavy atom. The van der Waals surface area contributed by atoms with E-state index < -0.39 is 0 Å². The van der Waals surface area contributed by atoms with Crippen molar-refractivity contribution in [1.82, 2.24) is 14.5 Å². The third-order valence-electron chi connectivity index (χ3n) is 4.16. The van der Waals surface area contributed by atoms with E-state index in [1.165, 1.54) is 17.8 Å². The second kappa shape index (κ2) is 7.03. The summed E-state index contributed by atoms with van der Waals surface area (Å²) in [5.74, 6) is 0.250. The molecule has 118 valence electrons. The molecule has 1 aliphatic rings. The Balaban J connectivity index is 1.62. The standard InChI is InChI=1S/C17H22FN3O/c1-20-13-19-9-17(20)11-21-6-7-22-12-15(10-21)8-14-2-4-16(18)5-3-14/h2-5,9,13,15H,6-8,10-12H2,1H3/t15-/m0/s1. The number of hydrogen-bond acceptors (Lipinski definition) is 3. The Morgan fingerprint density at radius 1 is 1.32 bits per heavy atom. The molecule has 4 nitrogen and oxygen atoms in total. The second-order valence-electron chi connectivity index (χ2n) is 6.00. The number of halogens is 1. The van der Waals surface area contributed by atoms with Crippen LogP contribution in [0.1, 0.15) is 11.3 Å². The predicted molar refractivity (Wildman–Crippen MR) is 82.9 cm³/mol. The molecule has 1 fully saturated rings. The summed E-state index contributed by atoms with van der Waals surface area (Å²) in [4.78, 5) is 6.59. The molecule has 1 atom stereocenters. The van der Waals surface area contributed by atoms with Crippen molar-refractivity contribution in [1.29, 1.82) is 0 Å². The lowest BCUT2D eigenvalue weighted by Gasteiger charge is -2.23. The predicted octanol–water partition coefficient (Wildman–Crippen LogP) is 2.25. The summed E-state index contributed by atoms with van der Waals surface area (Å²) in [5.41, 5.74) is 2.37. The molecule has 3 rings (SSSR count). The zero-order valence-electron chi connectivity index (χ0n) is 12.9. The van der Waals surface area contributed by atoms with Crippen molar-refractivity contribution in [2.45, 2.75) is 13.0 Å². The van der Waals surface area contributed by atoms with Crippen LogP contribution in [-0.4, -0.2) is 40.8 Å². The van der Waals surface area contributed by atoms with Crippen LogP contribution < -0.4 is 0 Å². The van der Waals surface area contributed by atoms with Gasteiger partial charge in [0.2, 0.25) is 0 Å². The number of ether oxygens (including phenoxy) is 1. The summed E-state index contributed by atoms with van der Waals surface area (Å²) >= 11 is 0. The van der Waals surface area contributed by atoms with E-state index in [0.717, 1.165) is 44.8 Å². The zero-order valence-corrected chi connectivity index (χ0v) is 12.9. The summed E-state index contributed by atoms with van der Waals surface area (Å²) < 4.78 is 20.8. The van der Waals surface area contributed by atoms with E-state index in [9.17, 15) is 4.39 Å². The first-order valence-electron chi connectivity index (χ1n) is 7.70. The maximum atomic E-state index is 13.0. The summed E-state index contributed by atoms with van der Waals surface area (Å²) in [6.07, 6.45) is 4.67. The first kappa shape index (κ1) is 15.2. The smallest absolute Gasteiger partial charge is 0.123 e. The summed E-state index contributed by atoms with van der Waals surface area (Å²) in [7, 11) is 2.02. The molecular weight excluding hydrogens is 281 g/mol. The number of rotatable bonds is 4. The first-order chi connectivity index (χ1) is 10.7. The Kier molecular flexibility index (Phi) is 4.85. The minimum Gasteiger partial charge on any atom is -0.380 e. The fraction of sp³-hybridized carbons (Fsp3) is 0.471. The third kappa shape index (κ3) is 3.93. The monoisotopic (exact) mass is 303 g/mol. The largest absolute Gasteiger partial charge is 0.380 e. The van der Waals surface area contributed by atoms with E-state index in [-0.39, 0.29) is 5.82 Å². The van der Waals surface area contributed by atoms with E-state index in [1.54, 1.807) is 0 Å². The van der Waals surface area contributed by atoms with E-state index in [0.29, 0.717) is 5.92 Å². The Morgan fingerprint density at radius 2 is 2.14 bits per heavy atom. The number of aryl methyl sites for hydroxylation is 1. The fourth-order valence-electron chi connectivity index (χ4n) is 2.94. The molecule has 0 aliphatic carbocycles. The lowest BCUT2D eigenvalue weighted by Crippen LogP contribution is -2.31. The minimum atomic E-state index is -0.182. The average molecular weight is 303 g/mol. The van der Waals surface area contributed by atoms with Gasteiger partial charge in [0.25, 0.3) is 0 Å². The van der Waals surface area contributed by atoms with Gasteiger partial charge in [0.1, 0.15) is 5.82 Å². The van der Waals surface area contributed by atoms with Crippen molar-refractivity contribution in [2.75, 3.05) is 26.3 Å². The average Bonchev–Trinajstić information content (AvgIpc) is 2.78. The summed E-state index contributed by atoms with van der Waals surface area (Å²) in [6, 6.07) is 6.79. The molecule has 0 spiro atoms. The van der Waals surface area contributed by atoms with Gasteiger partial charge in [-0.25, -0.2) is 9.37 Å². The van der Waals surface area contributed by atoms with E-state index in [2.05, 4.69) is 14.5 Å². The van der Waals surface area contributed by atoms with Gasteiger partial charge in [-0.2, -0.15) is 0 Å². The number of nitrogens with zero attached hydrogens (tertiary/aromatic N) is 3. The van der Waals surface area contributed by atoms with Crippen molar-refractivity contribution < 1.29 is 9.13 Å². The Hall–Kier alpha value is -1.72. The number of benzene rings is 1. The normalized spacial score (nSPS) is 20.0. The maximum absolute atomic E-state index is 13.0. The van der Waals surface area contributed by atoms with Crippen molar-refractivity contribution in [2.24, 2.45) is 13.0 Å². The van der Waals surface area contributed by atoms with Crippen LogP contribution in [0.3, 0.4) is 0 Å². The van der Waals surface area contributed by atoms with E-state index in [1.807, 2.05) is 31.7 Å². The second-order valence-corrected chi connectivity index (χ2v) is 6.00. The third-order valence-corrected chi connectivity index (χ3v) is 4.16. The molecule has 22 heavy (non-hydrogen) atoms. The molecule has 0 radical (unpaired) electrons. The van der Waals surface area contributed by atoms with Crippen LogP contribution in [0, 0.1) is 11.7 Å². The van der Waals surface area contributed by atoms with Gasteiger partial charge >= 0.3 is 0 Å². The molecule has 0 N–H and O–H groups in total. The molecule has 0 saturated carbocycles. The molecule has 1 aromatic heterocycles. The lowest BCUT2D eigenvalue weighted by atomic mass is 9.99. The summed E-state index contributed by atoms with van der Waals surface area (Å²) in [6.45, 7) is 4.34. The van der Waals surface area contributed by atoms with Crippen molar-refractivity contribution in [3.8, 4) is 0 Å². The molecule has 2 heterocycles. The van der Waals surface area contributed by atoms with Crippen molar-refractivity contribution in [3.63, 3.8) is 0 Å².